The highest BCUT2D eigenvalue weighted by Gasteiger charge is 2.09. The molecular formula is C27H28FNO5. The van der Waals surface area contributed by atoms with E-state index >= 15 is 0 Å². The summed E-state index contributed by atoms with van der Waals surface area (Å²) in [5.41, 5.74) is 5.77. The Labute approximate surface area is 198 Å². The van der Waals surface area contributed by atoms with Gasteiger partial charge in [0.05, 0.1) is 13.7 Å². The average Bonchev–Trinajstić information content (AvgIpc) is 2.86. The van der Waals surface area contributed by atoms with Crippen LogP contribution in [0.5, 0.6) is 11.5 Å². The third-order valence-corrected chi connectivity index (χ3v) is 4.87. The van der Waals surface area contributed by atoms with Gasteiger partial charge in [0, 0.05) is 18.1 Å². The molecule has 0 unspecified atom stereocenters. The molecule has 3 aromatic carbocycles. The lowest BCUT2D eigenvalue weighted by molar-refractivity contribution is -0.143. The molecule has 178 valence electrons. The third kappa shape index (κ3) is 7.64. The van der Waals surface area contributed by atoms with Gasteiger partial charge in [-0.3, -0.25) is 15.1 Å². The van der Waals surface area contributed by atoms with Gasteiger partial charge in [0.15, 0.2) is 0 Å². The number of halogens is 1. The molecule has 0 heterocycles. The highest BCUT2D eigenvalue weighted by atomic mass is 19.1. The molecule has 0 aliphatic carbocycles. The molecule has 0 atom stereocenters. The Morgan fingerprint density at radius 2 is 1.74 bits per heavy atom. The van der Waals surface area contributed by atoms with E-state index in [4.69, 9.17) is 19.0 Å². The molecule has 0 amide bonds. The molecule has 3 aromatic rings. The molecule has 0 bridgehead atoms. The largest absolute Gasteiger partial charge is 0.489 e. The molecule has 3 rings (SSSR count). The summed E-state index contributed by atoms with van der Waals surface area (Å²) in [4.78, 5) is 16.5. The lowest BCUT2D eigenvalue weighted by Crippen LogP contribution is -2.11. The number of ether oxygens (including phenoxy) is 3. The minimum absolute atomic E-state index is 0.142. The van der Waals surface area contributed by atoms with Crippen molar-refractivity contribution < 1.29 is 28.2 Å². The molecule has 0 radical (unpaired) electrons. The summed E-state index contributed by atoms with van der Waals surface area (Å²) in [6.45, 7) is 2.33. The lowest BCUT2D eigenvalue weighted by atomic mass is 10.1. The molecule has 0 saturated heterocycles. The van der Waals surface area contributed by atoms with E-state index in [1.54, 1.807) is 25.3 Å². The van der Waals surface area contributed by atoms with Crippen LogP contribution in [0.25, 0.3) is 5.70 Å². The van der Waals surface area contributed by atoms with Gasteiger partial charge in [-0.25, -0.2) is 4.39 Å². The standard InChI is InChI=1S/C27H28FNO5/c1-3-32-27(30)16-12-21-11-15-24(17-25(21)28)33-18-20-9-13-23(14-10-20)34-19-26(29-31-2)22-7-5-4-6-8-22/h4-11,13-15,17,19,29H,3,12,16,18H2,1-2H3. The van der Waals surface area contributed by atoms with E-state index in [2.05, 4.69) is 5.48 Å². The lowest BCUT2D eigenvalue weighted by Gasteiger charge is -2.10. The number of hydrogen-bond acceptors (Lipinski definition) is 6. The first-order valence-electron chi connectivity index (χ1n) is 11.0. The van der Waals surface area contributed by atoms with Crippen LogP contribution < -0.4 is 15.0 Å². The van der Waals surface area contributed by atoms with Gasteiger partial charge in [-0.2, -0.15) is 0 Å². The smallest absolute Gasteiger partial charge is 0.306 e. The SMILES string of the molecule is CCOC(=O)CCc1ccc(OCc2ccc(OC=C(NOC)c3ccccc3)cc2)cc1F. The van der Waals surface area contributed by atoms with Crippen LogP contribution in [0.2, 0.25) is 0 Å². The van der Waals surface area contributed by atoms with E-state index in [1.165, 1.54) is 13.2 Å². The van der Waals surface area contributed by atoms with E-state index in [1.807, 2.05) is 54.6 Å². The molecule has 0 aliphatic rings. The first-order valence-corrected chi connectivity index (χ1v) is 11.0. The third-order valence-electron chi connectivity index (χ3n) is 4.87. The topological polar surface area (TPSA) is 66.0 Å². The van der Waals surface area contributed by atoms with Gasteiger partial charge in [0.25, 0.3) is 0 Å². The zero-order valence-electron chi connectivity index (χ0n) is 19.3. The van der Waals surface area contributed by atoms with Crippen molar-refractivity contribution in [2.45, 2.75) is 26.4 Å². The average molecular weight is 466 g/mol. The quantitative estimate of drug-likeness (QED) is 0.219. The van der Waals surface area contributed by atoms with E-state index in [9.17, 15) is 9.18 Å². The Bertz CT molecular complexity index is 1080. The summed E-state index contributed by atoms with van der Waals surface area (Å²) in [7, 11) is 1.54. The van der Waals surface area contributed by atoms with Gasteiger partial charge in [-0.15, -0.1) is 0 Å². The van der Waals surface area contributed by atoms with E-state index in [0.29, 0.717) is 29.4 Å². The normalized spacial score (nSPS) is 11.1. The van der Waals surface area contributed by atoms with Crippen molar-refractivity contribution in [1.29, 1.82) is 0 Å². The van der Waals surface area contributed by atoms with Gasteiger partial charge in [0.2, 0.25) is 0 Å². The van der Waals surface area contributed by atoms with Crippen molar-refractivity contribution in [2.24, 2.45) is 0 Å². The number of hydroxylamine groups is 1. The van der Waals surface area contributed by atoms with Gasteiger partial charge >= 0.3 is 5.97 Å². The van der Waals surface area contributed by atoms with Gasteiger partial charge in [-0.1, -0.05) is 48.5 Å². The first-order chi connectivity index (χ1) is 16.6. The second kappa shape index (κ2) is 13.0. The Morgan fingerprint density at radius 3 is 2.41 bits per heavy atom. The summed E-state index contributed by atoms with van der Waals surface area (Å²) in [5, 5.41) is 0. The monoisotopic (exact) mass is 465 g/mol. The number of aryl methyl sites for hydroxylation is 1. The Morgan fingerprint density at radius 1 is 1.00 bits per heavy atom. The van der Waals surface area contributed by atoms with Crippen LogP contribution in [-0.2, 0) is 27.4 Å². The predicted molar refractivity (Wildman–Crippen MR) is 127 cm³/mol. The number of benzene rings is 3. The Kier molecular flexibility index (Phi) is 9.49. The van der Waals surface area contributed by atoms with Crippen LogP contribution in [0.1, 0.15) is 30.0 Å². The molecule has 0 saturated carbocycles. The van der Waals surface area contributed by atoms with Gasteiger partial charge in [-0.05, 0) is 42.7 Å². The first kappa shape index (κ1) is 24.8. The number of carbonyl (C=O) groups excluding carboxylic acids is 1. The number of nitrogens with one attached hydrogen (secondary N) is 1. The van der Waals surface area contributed by atoms with Gasteiger partial charge < -0.3 is 14.2 Å². The minimum Gasteiger partial charge on any atom is -0.489 e. The van der Waals surface area contributed by atoms with E-state index in [0.717, 1.165) is 11.1 Å². The molecule has 1 N–H and O–H groups in total. The number of rotatable bonds is 12. The summed E-state index contributed by atoms with van der Waals surface area (Å²) in [5.74, 6) is 0.318. The van der Waals surface area contributed by atoms with E-state index in [-0.39, 0.29) is 25.4 Å². The van der Waals surface area contributed by atoms with Crippen LogP contribution in [0.3, 0.4) is 0 Å². The Hall–Kier alpha value is -3.84. The van der Waals surface area contributed by atoms with Crippen molar-refractivity contribution >= 4 is 11.7 Å². The maximum atomic E-state index is 14.3. The molecule has 0 aromatic heterocycles. The highest BCUT2D eigenvalue weighted by Crippen LogP contribution is 2.21. The fourth-order valence-electron chi connectivity index (χ4n) is 3.13. The predicted octanol–water partition coefficient (Wildman–Crippen LogP) is 5.43. The fraction of sp³-hybridized carbons (Fsp3) is 0.222. The summed E-state index contributed by atoms with van der Waals surface area (Å²) >= 11 is 0. The molecule has 0 aliphatic heterocycles. The number of esters is 1. The van der Waals surface area contributed by atoms with Crippen LogP contribution in [0, 0.1) is 5.82 Å². The fourth-order valence-corrected chi connectivity index (χ4v) is 3.13. The van der Waals surface area contributed by atoms with Crippen LogP contribution >= 0.6 is 0 Å². The molecule has 6 nitrogen and oxygen atoms in total. The minimum atomic E-state index is -0.406. The number of carbonyl (C=O) groups is 1. The van der Waals surface area contributed by atoms with Crippen molar-refractivity contribution in [2.75, 3.05) is 13.7 Å². The van der Waals surface area contributed by atoms with Crippen LogP contribution in [0.15, 0.2) is 79.1 Å². The summed E-state index contributed by atoms with van der Waals surface area (Å²) in [6, 6.07) is 21.7. The molecule has 34 heavy (non-hydrogen) atoms. The maximum absolute atomic E-state index is 14.3. The highest BCUT2D eigenvalue weighted by molar-refractivity contribution is 5.69. The van der Waals surface area contributed by atoms with Crippen molar-refractivity contribution in [1.82, 2.24) is 5.48 Å². The summed E-state index contributed by atoms with van der Waals surface area (Å²) < 4.78 is 30.7. The Balaban J connectivity index is 1.53. The zero-order chi connectivity index (χ0) is 24.2. The second-order valence-corrected chi connectivity index (χ2v) is 7.31. The number of hydrogen-bond donors (Lipinski definition) is 1. The summed E-state index contributed by atoms with van der Waals surface area (Å²) in [6.07, 6.45) is 2.01. The zero-order valence-corrected chi connectivity index (χ0v) is 19.3. The van der Waals surface area contributed by atoms with Crippen LogP contribution in [0.4, 0.5) is 4.39 Å². The van der Waals surface area contributed by atoms with Crippen molar-refractivity contribution in [3.63, 3.8) is 0 Å². The van der Waals surface area contributed by atoms with Crippen molar-refractivity contribution in [3.8, 4) is 11.5 Å². The molecule has 7 heteroatoms. The van der Waals surface area contributed by atoms with Crippen molar-refractivity contribution in [3.05, 3.63) is 102 Å². The second-order valence-electron chi connectivity index (χ2n) is 7.31. The van der Waals surface area contributed by atoms with E-state index < -0.39 is 5.82 Å². The molecule has 0 spiro atoms. The molecular weight excluding hydrogens is 437 g/mol. The van der Waals surface area contributed by atoms with Crippen LogP contribution in [-0.4, -0.2) is 19.7 Å². The molecule has 0 fully saturated rings. The maximum Gasteiger partial charge on any atom is 0.306 e. The van der Waals surface area contributed by atoms with Gasteiger partial charge in [0.1, 0.15) is 35.9 Å².